The van der Waals surface area contributed by atoms with Gasteiger partial charge >= 0.3 is 0 Å². The van der Waals surface area contributed by atoms with E-state index in [1.807, 2.05) is 11.8 Å². The van der Waals surface area contributed by atoms with Crippen molar-refractivity contribution in [1.82, 2.24) is 4.98 Å². The van der Waals surface area contributed by atoms with E-state index in [4.69, 9.17) is 0 Å². The van der Waals surface area contributed by atoms with Crippen molar-refractivity contribution in [3.63, 3.8) is 0 Å². The third kappa shape index (κ3) is 3.62. The first-order valence-electron chi connectivity index (χ1n) is 6.40. The molecule has 0 spiro atoms. The van der Waals surface area contributed by atoms with Crippen molar-refractivity contribution in [2.24, 2.45) is 0 Å². The van der Waals surface area contributed by atoms with Gasteiger partial charge in [0.2, 0.25) is 0 Å². The van der Waals surface area contributed by atoms with Crippen LogP contribution in [0.1, 0.15) is 24.8 Å². The average Bonchev–Trinajstić information content (AvgIpc) is 2.78. The highest BCUT2D eigenvalue weighted by molar-refractivity contribution is 7.98. The van der Waals surface area contributed by atoms with Crippen molar-refractivity contribution in [1.29, 1.82) is 0 Å². The molecule has 98 valence electrons. The predicted molar refractivity (Wildman–Crippen MR) is 85.1 cm³/mol. The molecule has 0 aliphatic heterocycles. The predicted octanol–water partition coefficient (Wildman–Crippen LogP) is 4.55. The summed E-state index contributed by atoms with van der Waals surface area (Å²) < 4.78 is 1.28. The van der Waals surface area contributed by atoms with Crippen molar-refractivity contribution < 1.29 is 0 Å². The van der Waals surface area contributed by atoms with Crippen molar-refractivity contribution in [2.45, 2.75) is 26.2 Å². The Bertz CT molecular complexity index is 493. The minimum absolute atomic E-state index is 1.03. The topological polar surface area (TPSA) is 24.9 Å². The third-order valence-corrected chi connectivity index (χ3v) is 4.60. The fraction of sp³-hybridized carbons (Fsp3) is 0.500. The van der Waals surface area contributed by atoms with Gasteiger partial charge in [-0.05, 0) is 43.4 Å². The Morgan fingerprint density at radius 1 is 1.28 bits per heavy atom. The summed E-state index contributed by atoms with van der Waals surface area (Å²) in [6.07, 6.45) is 6.02. The van der Waals surface area contributed by atoms with Gasteiger partial charge in [0.1, 0.15) is 0 Å². The van der Waals surface area contributed by atoms with Crippen LogP contribution in [-0.4, -0.2) is 23.5 Å². The second-order valence-corrected chi connectivity index (χ2v) is 6.44. The number of aryl methyl sites for hydroxylation is 1. The monoisotopic (exact) mass is 280 g/mol. The first kappa shape index (κ1) is 13.7. The molecule has 1 N–H and O–H groups in total. The zero-order valence-electron chi connectivity index (χ0n) is 11.0. The summed E-state index contributed by atoms with van der Waals surface area (Å²) in [5.74, 6) is 1.28. The van der Waals surface area contributed by atoms with Crippen LogP contribution in [0.25, 0.3) is 10.2 Å². The summed E-state index contributed by atoms with van der Waals surface area (Å²) in [5.41, 5.74) is 2.41. The van der Waals surface area contributed by atoms with Gasteiger partial charge in [-0.3, -0.25) is 0 Å². The molecule has 0 aliphatic rings. The highest BCUT2D eigenvalue weighted by atomic mass is 32.2. The second-order valence-electron chi connectivity index (χ2n) is 4.42. The largest absolute Gasteiger partial charge is 0.361 e. The van der Waals surface area contributed by atoms with Crippen LogP contribution in [0.15, 0.2) is 18.2 Å². The molecule has 1 heterocycles. The summed E-state index contributed by atoms with van der Waals surface area (Å²) in [6.45, 7) is 3.15. The molecule has 0 aliphatic carbocycles. The molecule has 0 atom stereocenters. The van der Waals surface area contributed by atoms with Crippen LogP contribution < -0.4 is 5.32 Å². The second kappa shape index (κ2) is 7.00. The van der Waals surface area contributed by atoms with Crippen molar-refractivity contribution >= 4 is 38.4 Å². The molecule has 18 heavy (non-hydrogen) atoms. The normalized spacial score (nSPS) is 11.0. The van der Waals surface area contributed by atoms with Crippen LogP contribution in [0.3, 0.4) is 0 Å². The molecule has 1 aromatic heterocycles. The fourth-order valence-corrected chi connectivity index (χ4v) is 3.37. The first-order valence-corrected chi connectivity index (χ1v) is 8.61. The minimum atomic E-state index is 1.03. The highest BCUT2D eigenvalue weighted by Gasteiger charge is 2.04. The number of hydrogen-bond acceptors (Lipinski definition) is 4. The molecule has 2 aromatic rings. The lowest BCUT2D eigenvalue weighted by Crippen LogP contribution is -2.00. The van der Waals surface area contributed by atoms with Gasteiger partial charge in [0.05, 0.1) is 10.2 Å². The molecule has 0 amide bonds. The Kier molecular flexibility index (Phi) is 5.32. The summed E-state index contributed by atoms with van der Waals surface area (Å²) in [6, 6.07) is 6.36. The smallest absolute Gasteiger partial charge is 0.183 e. The number of benzene rings is 1. The van der Waals surface area contributed by atoms with E-state index < -0.39 is 0 Å². The Morgan fingerprint density at radius 2 is 2.17 bits per heavy atom. The van der Waals surface area contributed by atoms with E-state index in [0.717, 1.165) is 17.2 Å². The number of nitrogens with one attached hydrogen (secondary N) is 1. The van der Waals surface area contributed by atoms with Gasteiger partial charge in [-0.25, -0.2) is 4.98 Å². The van der Waals surface area contributed by atoms with E-state index in [9.17, 15) is 0 Å². The van der Waals surface area contributed by atoms with Crippen LogP contribution in [0.2, 0.25) is 0 Å². The molecule has 4 heteroatoms. The number of para-hydroxylation sites is 1. The average molecular weight is 280 g/mol. The highest BCUT2D eigenvalue weighted by Crippen LogP contribution is 2.27. The Labute approximate surface area is 117 Å². The Balaban J connectivity index is 1.83. The van der Waals surface area contributed by atoms with Crippen molar-refractivity contribution in [2.75, 3.05) is 23.9 Å². The van der Waals surface area contributed by atoms with E-state index in [2.05, 4.69) is 41.7 Å². The number of unbranched alkanes of at least 4 members (excludes halogenated alkanes) is 2. The lowest BCUT2D eigenvalue weighted by Gasteiger charge is -2.01. The molecule has 0 radical (unpaired) electrons. The van der Waals surface area contributed by atoms with E-state index in [-0.39, 0.29) is 0 Å². The summed E-state index contributed by atoms with van der Waals surface area (Å²) in [5, 5.41) is 4.50. The van der Waals surface area contributed by atoms with Crippen LogP contribution in [0.4, 0.5) is 5.13 Å². The molecular formula is C14H20N2S2. The standard InChI is InChI=1S/C14H20N2S2/c1-11-7-6-8-12-13(11)16-14(18-12)15-9-4-3-5-10-17-2/h6-8H,3-5,9-10H2,1-2H3,(H,15,16). The van der Waals surface area contributed by atoms with Gasteiger partial charge in [-0.1, -0.05) is 29.9 Å². The number of nitrogens with zero attached hydrogens (tertiary/aromatic N) is 1. The van der Waals surface area contributed by atoms with Gasteiger partial charge in [0.25, 0.3) is 0 Å². The Morgan fingerprint density at radius 3 is 2.94 bits per heavy atom. The molecule has 1 aromatic carbocycles. The van der Waals surface area contributed by atoms with Crippen LogP contribution >= 0.6 is 23.1 Å². The molecule has 0 unspecified atom stereocenters. The zero-order valence-corrected chi connectivity index (χ0v) is 12.7. The fourth-order valence-electron chi connectivity index (χ4n) is 1.91. The van der Waals surface area contributed by atoms with E-state index >= 15 is 0 Å². The Hall–Kier alpha value is -0.740. The summed E-state index contributed by atoms with van der Waals surface area (Å²) in [4.78, 5) is 4.65. The lowest BCUT2D eigenvalue weighted by molar-refractivity contribution is 0.749. The molecule has 0 bridgehead atoms. The molecule has 2 rings (SSSR count). The van der Waals surface area contributed by atoms with Gasteiger partial charge in [0, 0.05) is 6.54 Å². The maximum absolute atomic E-state index is 4.65. The van der Waals surface area contributed by atoms with Crippen LogP contribution in [-0.2, 0) is 0 Å². The van der Waals surface area contributed by atoms with E-state index in [0.29, 0.717) is 0 Å². The van der Waals surface area contributed by atoms with Crippen molar-refractivity contribution in [3.8, 4) is 0 Å². The summed E-state index contributed by atoms with van der Waals surface area (Å²) in [7, 11) is 0. The van der Waals surface area contributed by atoms with Crippen molar-refractivity contribution in [3.05, 3.63) is 23.8 Å². The maximum Gasteiger partial charge on any atom is 0.183 e. The maximum atomic E-state index is 4.65. The van der Waals surface area contributed by atoms with Gasteiger partial charge < -0.3 is 5.32 Å². The number of hydrogen-bond donors (Lipinski definition) is 1. The first-order chi connectivity index (χ1) is 8.81. The molecular weight excluding hydrogens is 260 g/mol. The van der Waals surface area contributed by atoms with Gasteiger partial charge in [-0.15, -0.1) is 0 Å². The number of thioether (sulfide) groups is 1. The van der Waals surface area contributed by atoms with E-state index in [1.54, 1.807) is 11.3 Å². The lowest BCUT2D eigenvalue weighted by atomic mass is 10.2. The molecule has 2 nitrogen and oxygen atoms in total. The van der Waals surface area contributed by atoms with Crippen LogP contribution in [0.5, 0.6) is 0 Å². The molecule has 0 saturated heterocycles. The van der Waals surface area contributed by atoms with Gasteiger partial charge in [0.15, 0.2) is 5.13 Å². The van der Waals surface area contributed by atoms with Gasteiger partial charge in [-0.2, -0.15) is 11.8 Å². The minimum Gasteiger partial charge on any atom is -0.361 e. The quantitative estimate of drug-likeness (QED) is 0.753. The zero-order chi connectivity index (χ0) is 12.8. The number of thiazole rings is 1. The number of anilines is 1. The van der Waals surface area contributed by atoms with E-state index in [1.165, 1.54) is 35.3 Å². The molecule has 0 fully saturated rings. The van der Waals surface area contributed by atoms with Crippen LogP contribution in [0, 0.1) is 6.92 Å². The number of rotatable bonds is 7. The number of fused-ring (bicyclic) bond motifs is 1. The number of aromatic nitrogens is 1. The SMILES string of the molecule is CSCCCCCNc1nc2c(C)cccc2s1. The third-order valence-electron chi connectivity index (χ3n) is 2.92. The summed E-state index contributed by atoms with van der Waals surface area (Å²) >= 11 is 3.68. The molecule has 0 saturated carbocycles.